The Morgan fingerprint density at radius 1 is 1.40 bits per heavy atom. The summed E-state index contributed by atoms with van der Waals surface area (Å²) in [5.74, 6) is -0.224. The molecular weight excluding hydrogens is 342 g/mol. The Balaban J connectivity index is 2.31. The SMILES string of the molecule is CC(C)n1cc(N)cc1C(=O)Nc1cc(Cl)ccc1Br. The molecule has 2 aromatic rings. The monoisotopic (exact) mass is 355 g/mol. The lowest BCUT2D eigenvalue weighted by molar-refractivity contribution is 0.101. The van der Waals surface area contributed by atoms with E-state index in [1.807, 2.05) is 18.4 Å². The van der Waals surface area contributed by atoms with Gasteiger partial charge in [-0.15, -0.1) is 0 Å². The number of halogens is 2. The average molecular weight is 357 g/mol. The maximum atomic E-state index is 12.4. The molecule has 106 valence electrons. The highest BCUT2D eigenvalue weighted by Gasteiger charge is 2.16. The molecule has 1 amide bonds. The van der Waals surface area contributed by atoms with Gasteiger partial charge in [-0.2, -0.15) is 0 Å². The van der Waals surface area contributed by atoms with Crippen LogP contribution in [0.4, 0.5) is 11.4 Å². The number of hydrogen-bond acceptors (Lipinski definition) is 2. The number of nitrogens with one attached hydrogen (secondary N) is 1. The molecule has 0 bridgehead atoms. The van der Waals surface area contributed by atoms with Crippen molar-refractivity contribution in [3.05, 3.63) is 45.7 Å². The third-order valence-corrected chi connectivity index (χ3v) is 3.76. The minimum Gasteiger partial charge on any atom is -0.397 e. The standard InChI is InChI=1S/C14H15BrClN3O/c1-8(2)19-7-10(17)6-13(19)14(20)18-12-5-9(16)3-4-11(12)15/h3-8H,17H2,1-2H3,(H,18,20). The number of benzene rings is 1. The lowest BCUT2D eigenvalue weighted by atomic mass is 10.3. The van der Waals surface area contributed by atoms with Crippen LogP contribution < -0.4 is 11.1 Å². The van der Waals surface area contributed by atoms with E-state index in [1.165, 1.54) is 0 Å². The molecule has 0 aliphatic carbocycles. The van der Waals surface area contributed by atoms with Gasteiger partial charge in [-0.05, 0) is 54.0 Å². The van der Waals surface area contributed by atoms with Gasteiger partial charge in [0.1, 0.15) is 5.69 Å². The van der Waals surface area contributed by atoms with Gasteiger partial charge in [0, 0.05) is 21.7 Å². The number of nitrogens with two attached hydrogens (primary N) is 1. The van der Waals surface area contributed by atoms with Crippen LogP contribution >= 0.6 is 27.5 Å². The lowest BCUT2D eigenvalue weighted by Gasteiger charge is -2.13. The summed E-state index contributed by atoms with van der Waals surface area (Å²) in [5.41, 5.74) is 7.48. The van der Waals surface area contributed by atoms with Gasteiger partial charge < -0.3 is 15.6 Å². The summed E-state index contributed by atoms with van der Waals surface area (Å²) in [4.78, 5) is 12.4. The molecule has 1 aromatic heterocycles. The molecule has 1 heterocycles. The summed E-state index contributed by atoms with van der Waals surface area (Å²) >= 11 is 9.31. The number of carbonyl (C=O) groups is 1. The van der Waals surface area contributed by atoms with E-state index in [4.69, 9.17) is 17.3 Å². The zero-order valence-corrected chi connectivity index (χ0v) is 13.5. The molecule has 0 atom stereocenters. The highest BCUT2D eigenvalue weighted by molar-refractivity contribution is 9.10. The number of rotatable bonds is 3. The van der Waals surface area contributed by atoms with Gasteiger partial charge in [0.25, 0.3) is 5.91 Å². The molecule has 0 saturated carbocycles. The van der Waals surface area contributed by atoms with Crippen molar-refractivity contribution in [3.63, 3.8) is 0 Å². The summed E-state index contributed by atoms with van der Waals surface area (Å²) < 4.78 is 2.61. The summed E-state index contributed by atoms with van der Waals surface area (Å²) in [6.45, 7) is 3.98. The maximum Gasteiger partial charge on any atom is 0.272 e. The van der Waals surface area contributed by atoms with E-state index in [0.717, 1.165) is 4.47 Å². The Hall–Kier alpha value is -1.46. The van der Waals surface area contributed by atoms with Crippen LogP contribution in [-0.4, -0.2) is 10.5 Å². The van der Waals surface area contributed by atoms with Crippen molar-refractivity contribution in [2.75, 3.05) is 11.1 Å². The predicted molar refractivity (Wildman–Crippen MR) is 86.3 cm³/mol. The fourth-order valence-corrected chi connectivity index (χ4v) is 2.41. The summed E-state index contributed by atoms with van der Waals surface area (Å²) in [5, 5.41) is 3.39. The first-order chi connectivity index (χ1) is 9.38. The van der Waals surface area contributed by atoms with Crippen molar-refractivity contribution >= 4 is 44.8 Å². The number of anilines is 2. The first-order valence-electron chi connectivity index (χ1n) is 6.12. The Morgan fingerprint density at radius 2 is 2.10 bits per heavy atom. The molecule has 20 heavy (non-hydrogen) atoms. The lowest BCUT2D eigenvalue weighted by Crippen LogP contribution is -2.18. The normalized spacial score (nSPS) is 10.8. The van der Waals surface area contributed by atoms with Gasteiger partial charge >= 0.3 is 0 Å². The summed E-state index contributed by atoms with van der Waals surface area (Å²) in [6, 6.07) is 7.03. The number of carbonyl (C=O) groups excluding carboxylic acids is 1. The molecule has 4 nitrogen and oxygen atoms in total. The van der Waals surface area contributed by atoms with Gasteiger partial charge in [0.15, 0.2) is 0 Å². The number of hydrogen-bond donors (Lipinski definition) is 2. The van der Waals surface area contributed by atoms with E-state index >= 15 is 0 Å². The fourth-order valence-electron chi connectivity index (χ4n) is 1.89. The van der Waals surface area contributed by atoms with Crippen LogP contribution in [0.15, 0.2) is 34.9 Å². The third kappa shape index (κ3) is 3.16. The number of nitrogens with zero attached hydrogens (tertiary/aromatic N) is 1. The number of nitrogen functional groups attached to an aromatic ring is 1. The van der Waals surface area contributed by atoms with Gasteiger partial charge in [-0.1, -0.05) is 11.6 Å². The topological polar surface area (TPSA) is 60.0 Å². The van der Waals surface area contributed by atoms with Crippen LogP contribution in [-0.2, 0) is 0 Å². The van der Waals surface area contributed by atoms with E-state index < -0.39 is 0 Å². The van der Waals surface area contributed by atoms with Crippen molar-refractivity contribution < 1.29 is 4.79 Å². The van der Waals surface area contributed by atoms with E-state index in [1.54, 1.807) is 30.5 Å². The van der Waals surface area contributed by atoms with Crippen LogP contribution in [0, 0.1) is 0 Å². The van der Waals surface area contributed by atoms with Gasteiger partial charge in [0.2, 0.25) is 0 Å². The second-order valence-electron chi connectivity index (χ2n) is 4.74. The number of amides is 1. The molecule has 1 aromatic carbocycles. The fraction of sp³-hybridized carbons (Fsp3) is 0.214. The second kappa shape index (κ2) is 5.89. The van der Waals surface area contributed by atoms with E-state index in [-0.39, 0.29) is 11.9 Å². The zero-order valence-electron chi connectivity index (χ0n) is 11.2. The first kappa shape index (κ1) is 14.9. The number of aromatic nitrogens is 1. The highest BCUT2D eigenvalue weighted by atomic mass is 79.9. The minimum absolute atomic E-state index is 0.149. The van der Waals surface area contributed by atoms with Gasteiger partial charge in [-0.25, -0.2) is 0 Å². The molecule has 0 radical (unpaired) electrons. The second-order valence-corrected chi connectivity index (χ2v) is 6.03. The Labute approximate surface area is 131 Å². The third-order valence-electron chi connectivity index (χ3n) is 2.84. The maximum absolute atomic E-state index is 12.4. The largest absolute Gasteiger partial charge is 0.397 e. The Morgan fingerprint density at radius 3 is 2.75 bits per heavy atom. The molecular formula is C14H15BrClN3O. The summed E-state index contributed by atoms with van der Waals surface area (Å²) in [6.07, 6.45) is 1.76. The molecule has 2 rings (SSSR count). The molecule has 0 unspecified atom stereocenters. The molecule has 3 N–H and O–H groups in total. The van der Waals surface area contributed by atoms with Crippen molar-refractivity contribution in [1.29, 1.82) is 0 Å². The molecule has 0 aliphatic rings. The van der Waals surface area contributed by atoms with Gasteiger partial charge in [-0.3, -0.25) is 4.79 Å². The van der Waals surface area contributed by atoms with Crippen molar-refractivity contribution in [3.8, 4) is 0 Å². The van der Waals surface area contributed by atoms with Crippen molar-refractivity contribution in [1.82, 2.24) is 4.57 Å². The quantitative estimate of drug-likeness (QED) is 0.860. The predicted octanol–water partition coefficient (Wildman–Crippen LogP) is 4.32. The Bertz CT molecular complexity index is 652. The van der Waals surface area contributed by atoms with E-state index in [2.05, 4.69) is 21.2 Å². The molecule has 6 heteroatoms. The minimum atomic E-state index is -0.224. The van der Waals surface area contributed by atoms with Crippen molar-refractivity contribution in [2.24, 2.45) is 0 Å². The van der Waals surface area contributed by atoms with Crippen LogP contribution in [0.1, 0.15) is 30.4 Å². The molecule has 0 spiro atoms. The van der Waals surface area contributed by atoms with Crippen LogP contribution in [0.3, 0.4) is 0 Å². The molecule has 0 saturated heterocycles. The van der Waals surface area contributed by atoms with Crippen LogP contribution in [0.2, 0.25) is 5.02 Å². The van der Waals surface area contributed by atoms with Gasteiger partial charge in [0.05, 0.1) is 11.4 Å². The van der Waals surface area contributed by atoms with E-state index in [9.17, 15) is 4.79 Å². The highest BCUT2D eigenvalue weighted by Crippen LogP contribution is 2.27. The first-order valence-corrected chi connectivity index (χ1v) is 7.29. The average Bonchev–Trinajstić information content (AvgIpc) is 2.76. The zero-order chi connectivity index (χ0) is 14.9. The van der Waals surface area contributed by atoms with Crippen LogP contribution in [0.5, 0.6) is 0 Å². The molecule has 0 aliphatic heterocycles. The summed E-state index contributed by atoms with van der Waals surface area (Å²) in [7, 11) is 0. The Kier molecular flexibility index (Phi) is 4.40. The van der Waals surface area contributed by atoms with E-state index in [0.29, 0.717) is 22.1 Å². The van der Waals surface area contributed by atoms with Crippen LogP contribution in [0.25, 0.3) is 0 Å². The van der Waals surface area contributed by atoms with Crippen molar-refractivity contribution in [2.45, 2.75) is 19.9 Å². The molecule has 0 fully saturated rings. The smallest absolute Gasteiger partial charge is 0.272 e.